The molecule has 1 aromatic heterocycles. The number of pyridine rings is 1. The van der Waals surface area contributed by atoms with Crippen molar-refractivity contribution in [1.82, 2.24) is 4.98 Å². The molecule has 0 aliphatic carbocycles. The van der Waals surface area contributed by atoms with Crippen LogP contribution in [0.2, 0.25) is 5.15 Å². The first kappa shape index (κ1) is 15.6. The second kappa shape index (κ2) is 6.78. The molecule has 0 atom stereocenters. The monoisotopic (exact) mass is 323 g/mol. The highest BCUT2D eigenvalue weighted by Gasteiger charge is 2.13. The van der Waals surface area contributed by atoms with E-state index in [4.69, 9.17) is 11.6 Å². The van der Waals surface area contributed by atoms with Gasteiger partial charge < -0.3 is 10.6 Å². The number of benzene rings is 1. The Morgan fingerprint density at radius 1 is 1.33 bits per heavy atom. The minimum Gasteiger partial charge on any atom is -0.385 e. The summed E-state index contributed by atoms with van der Waals surface area (Å²) in [4.78, 5) is 16.1. The van der Waals surface area contributed by atoms with E-state index in [1.54, 1.807) is 18.3 Å². The van der Waals surface area contributed by atoms with Crippen molar-refractivity contribution in [3.63, 3.8) is 0 Å². The third-order valence-corrected chi connectivity index (χ3v) is 3.61. The van der Waals surface area contributed by atoms with Crippen LogP contribution in [0.15, 0.2) is 36.5 Å². The van der Waals surface area contributed by atoms with Crippen molar-refractivity contribution in [2.24, 2.45) is 0 Å². The van der Waals surface area contributed by atoms with Gasteiger partial charge in [0.1, 0.15) is 5.15 Å². The summed E-state index contributed by atoms with van der Waals surface area (Å²) in [6.07, 6.45) is 3.77. The number of nitrogens with one attached hydrogen (secondary N) is 2. The lowest BCUT2D eigenvalue weighted by molar-refractivity contribution is 0.102. The maximum Gasteiger partial charge on any atom is 0.258 e. The van der Waals surface area contributed by atoms with Crippen LogP contribution in [0.25, 0.3) is 0 Å². The lowest BCUT2D eigenvalue weighted by Gasteiger charge is -2.18. The normalized spacial score (nSPS) is 12.6. The van der Waals surface area contributed by atoms with Crippen molar-refractivity contribution in [2.45, 2.75) is 12.8 Å². The summed E-state index contributed by atoms with van der Waals surface area (Å²) in [5.41, 5.74) is 3.50. The largest absolute Gasteiger partial charge is 0.385 e. The number of aromatic nitrogens is 1. The first-order valence-corrected chi connectivity index (χ1v) is 6.90. The van der Waals surface area contributed by atoms with E-state index in [0.29, 0.717) is 5.56 Å². The quantitative estimate of drug-likeness (QED) is 0.827. The highest BCUT2D eigenvalue weighted by molar-refractivity contribution is 6.33. The maximum atomic E-state index is 12.1. The average Bonchev–Trinajstić information content (AvgIpc) is 2.47. The number of carbonyl (C=O) groups excluding carboxylic acids is 1. The Labute approximate surface area is 134 Å². The summed E-state index contributed by atoms with van der Waals surface area (Å²) >= 11 is 5.92. The minimum atomic E-state index is -0.251. The molecular formula is C15H15Cl2N3O. The molecule has 1 aliphatic heterocycles. The molecule has 1 aromatic carbocycles. The predicted octanol–water partition coefficient (Wildman–Crippen LogP) is 3.77. The van der Waals surface area contributed by atoms with Gasteiger partial charge in [0.2, 0.25) is 0 Å². The fourth-order valence-electron chi connectivity index (χ4n) is 2.29. The van der Waals surface area contributed by atoms with E-state index < -0.39 is 0 Å². The fourth-order valence-corrected chi connectivity index (χ4v) is 2.50. The number of fused-ring (bicyclic) bond motifs is 1. The van der Waals surface area contributed by atoms with E-state index in [2.05, 4.69) is 15.6 Å². The zero-order chi connectivity index (χ0) is 13.9. The molecule has 4 nitrogen and oxygen atoms in total. The summed E-state index contributed by atoms with van der Waals surface area (Å²) < 4.78 is 0. The molecule has 1 amide bonds. The lowest BCUT2D eigenvalue weighted by Crippen LogP contribution is -2.15. The molecule has 2 N–H and O–H groups in total. The van der Waals surface area contributed by atoms with Crippen LogP contribution >= 0.6 is 24.0 Å². The molecule has 0 spiro atoms. The van der Waals surface area contributed by atoms with Crippen LogP contribution in [0, 0.1) is 0 Å². The van der Waals surface area contributed by atoms with Crippen molar-refractivity contribution < 1.29 is 4.79 Å². The van der Waals surface area contributed by atoms with Crippen LogP contribution in [0.3, 0.4) is 0 Å². The van der Waals surface area contributed by atoms with Gasteiger partial charge in [0.25, 0.3) is 5.91 Å². The second-order valence-corrected chi connectivity index (χ2v) is 5.06. The molecule has 0 saturated carbocycles. The summed E-state index contributed by atoms with van der Waals surface area (Å²) in [7, 11) is 0. The molecule has 2 aromatic rings. The smallest absolute Gasteiger partial charge is 0.258 e. The third-order valence-electron chi connectivity index (χ3n) is 3.31. The van der Waals surface area contributed by atoms with Gasteiger partial charge in [0.05, 0.1) is 5.56 Å². The topological polar surface area (TPSA) is 54.0 Å². The van der Waals surface area contributed by atoms with Gasteiger partial charge in [0, 0.05) is 24.1 Å². The van der Waals surface area contributed by atoms with E-state index >= 15 is 0 Å². The SMILES string of the molecule is Cl.O=C(Nc1ccc2c(c1)NCCC2)c1cccnc1Cl. The summed E-state index contributed by atoms with van der Waals surface area (Å²) in [6, 6.07) is 9.25. The van der Waals surface area contributed by atoms with Crippen LogP contribution in [-0.2, 0) is 6.42 Å². The molecule has 1 aliphatic rings. The minimum absolute atomic E-state index is 0. The van der Waals surface area contributed by atoms with Crippen molar-refractivity contribution >= 4 is 41.3 Å². The number of nitrogens with zero attached hydrogens (tertiary/aromatic N) is 1. The molecule has 0 saturated heterocycles. The van der Waals surface area contributed by atoms with Crippen molar-refractivity contribution in [2.75, 3.05) is 17.2 Å². The first-order valence-electron chi connectivity index (χ1n) is 6.53. The fraction of sp³-hybridized carbons (Fsp3) is 0.200. The van der Waals surface area contributed by atoms with E-state index in [1.165, 1.54) is 5.56 Å². The Bertz CT molecular complexity index is 661. The summed E-state index contributed by atoms with van der Waals surface area (Å²) in [5, 5.41) is 6.39. The highest BCUT2D eigenvalue weighted by Crippen LogP contribution is 2.26. The van der Waals surface area contributed by atoms with Crippen LogP contribution in [0.4, 0.5) is 11.4 Å². The average molecular weight is 324 g/mol. The van der Waals surface area contributed by atoms with Gasteiger partial charge in [-0.25, -0.2) is 4.98 Å². The van der Waals surface area contributed by atoms with Gasteiger partial charge in [-0.3, -0.25) is 4.79 Å². The number of anilines is 2. The molecule has 110 valence electrons. The molecule has 0 unspecified atom stereocenters. The van der Waals surface area contributed by atoms with Gasteiger partial charge in [-0.1, -0.05) is 17.7 Å². The number of aryl methyl sites for hydroxylation is 1. The Kier molecular flexibility index (Phi) is 5.04. The zero-order valence-electron chi connectivity index (χ0n) is 11.2. The number of rotatable bonds is 2. The van der Waals surface area contributed by atoms with Gasteiger partial charge in [0.15, 0.2) is 0 Å². The van der Waals surface area contributed by atoms with Crippen LogP contribution in [0.1, 0.15) is 22.3 Å². The molecule has 21 heavy (non-hydrogen) atoms. The maximum absolute atomic E-state index is 12.1. The second-order valence-electron chi connectivity index (χ2n) is 4.70. The van der Waals surface area contributed by atoms with E-state index in [-0.39, 0.29) is 23.5 Å². The Hall–Kier alpha value is -1.78. The highest BCUT2D eigenvalue weighted by atomic mass is 35.5. The summed E-state index contributed by atoms with van der Waals surface area (Å²) in [5.74, 6) is -0.251. The molecule has 0 fully saturated rings. The van der Waals surface area contributed by atoms with Gasteiger partial charge >= 0.3 is 0 Å². The van der Waals surface area contributed by atoms with Crippen LogP contribution in [-0.4, -0.2) is 17.4 Å². The van der Waals surface area contributed by atoms with Crippen molar-refractivity contribution in [3.8, 4) is 0 Å². The molecule has 0 bridgehead atoms. The number of amides is 1. The summed E-state index contributed by atoms with van der Waals surface area (Å²) in [6.45, 7) is 0.971. The number of hydrogen-bond acceptors (Lipinski definition) is 3. The van der Waals surface area contributed by atoms with E-state index in [9.17, 15) is 4.79 Å². The van der Waals surface area contributed by atoms with E-state index in [1.807, 2.05) is 18.2 Å². The Balaban J connectivity index is 0.00000161. The van der Waals surface area contributed by atoms with E-state index in [0.717, 1.165) is 30.8 Å². The van der Waals surface area contributed by atoms with Crippen molar-refractivity contribution in [1.29, 1.82) is 0 Å². The number of hydrogen-bond donors (Lipinski definition) is 2. The molecular weight excluding hydrogens is 309 g/mol. The zero-order valence-corrected chi connectivity index (χ0v) is 12.8. The third kappa shape index (κ3) is 3.46. The predicted molar refractivity (Wildman–Crippen MR) is 87.7 cm³/mol. The molecule has 2 heterocycles. The van der Waals surface area contributed by atoms with Crippen LogP contribution in [0.5, 0.6) is 0 Å². The molecule has 0 radical (unpaired) electrons. The first-order chi connectivity index (χ1) is 9.74. The molecule has 6 heteroatoms. The van der Waals surface area contributed by atoms with Gasteiger partial charge in [-0.15, -0.1) is 12.4 Å². The van der Waals surface area contributed by atoms with Crippen molar-refractivity contribution in [3.05, 3.63) is 52.8 Å². The standard InChI is InChI=1S/C15H14ClN3O.ClH/c16-14-12(4-2-8-18-14)15(20)19-11-6-5-10-3-1-7-17-13(10)9-11;/h2,4-6,8-9,17H,1,3,7H2,(H,19,20);1H. The van der Waals surface area contributed by atoms with Gasteiger partial charge in [-0.2, -0.15) is 0 Å². The van der Waals surface area contributed by atoms with Gasteiger partial charge in [-0.05, 0) is 42.7 Å². The number of carbonyl (C=O) groups is 1. The Morgan fingerprint density at radius 2 is 2.19 bits per heavy atom. The molecule has 3 rings (SSSR count). The van der Waals surface area contributed by atoms with Crippen LogP contribution < -0.4 is 10.6 Å². The lowest BCUT2D eigenvalue weighted by atomic mass is 10.0. The Morgan fingerprint density at radius 3 is 3.00 bits per heavy atom. The number of halogens is 2.